The predicted molar refractivity (Wildman–Crippen MR) is 288 cm³/mol. The molecule has 0 aliphatic rings. The first kappa shape index (κ1) is 63.3. The first-order valence-corrected chi connectivity index (χ1v) is 28.5. The summed E-state index contributed by atoms with van der Waals surface area (Å²) in [6, 6.07) is 0. The zero-order chi connectivity index (χ0) is 47.7. The fourth-order valence-corrected chi connectivity index (χ4v) is 7.95. The van der Waals surface area contributed by atoms with Gasteiger partial charge >= 0.3 is 11.9 Å². The number of esters is 2. The van der Waals surface area contributed by atoms with Gasteiger partial charge in [-0.1, -0.05) is 248 Å². The van der Waals surface area contributed by atoms with Crippen LogP contribution in [0.4, 0.5) is 0 Å². The molecule has 0 aromatic heterocycles. The van der Waals surface area contributed by atoms with Crippen LogP contribution in [0.3, 0.4) is 0 Å². The van der Waals surface area contributed by atoms with Gasteiger partial charge in [-0.3, -0.25) is 9.59 Å². The number of carbonyl (C=O) groups excluding carboxylic acids is 2. The minimum Gasteiger partial charge on any atom is -0.462 e. The molecule has 5 heteroatoms. The van der Waals surface area contributed by atoms with Crippen LogP contribution in [0.25, 0.3) is 0 Å². The quantitative estimate of drug-likeness (QED) is 0.0346. The highest BCUT2D eigenvalue weighted by Crippen LogP contribution is 2.15. The van der Waals surface area contributed by atoms with E-state index in [1.54, 1.807) is 0 Å². The molecule has 382 valence electrons. The van der Waals surface area contributed by atoms with Gasteiger partial charge in [0.2, 0.25) is 0 Å². The van der Waals surface area contributed by atoms with Gasteiger partial charge in [0, 0.05) is 19.4 Å². The number of hydrogen-bond acceptors (Lipinski definition) is 5. The minimum atomic E-state index is -0.563. The van der Waals surface area contributed by atoms with Gasteiger partial charge in [0.05, 0.1) is 6.61 Å². The fraction of sp³-hybridized carbons (Fsp3) is 0.770. The molecule has 0 aliphatic heterocycles. The van der Waals surface area contributed by atoms with Crippen LogP contribution in [0, 0.1) is 0 Å². The van der Waals surface area contributed by atoms with Gasteiger partial charge in [-0.05, 0) is 89.9 Å². The Bertz CT molecular complexity index is 1180. The maximum Gasteiger partial charge on any atom is 0.306 e. The van der Waals surface area contributed by atoms with Crippen LogP contribution in [0.2, 0.25) is 0 Å². The molecule has 0 bridgehead atoms. The molecule has 0 N–H and O–H groups in total. The number of carbonyl (C=O) groups is 2. The van der Waals surface area contributed by atoms with Gasteiger partial charge in [-0.25, -0.2) is 0 Å². The Hall–Kier alpha value is -2.66. The molecule has 0 rings (SSSR count). The van der Waals surface area contributed by atoms with E-state index in [-0.39, 0.29) is 25.2 Å². The standard InChI is InChI=1S/C61H108O5/c1-4-7-10-13-16-19-22-25-28-31-33-36-39-42-45-48-51-54-60(62)65-58-59(57-64-56-53-50-47-44-41-38-35-30-27-24-21-18-15-12-9-6-3)66-61(63)55-52-49-46-43-40-37-34-32-29-26-23-20-17-14-11-8-5-2/h16-17,19-20,25-26,28-29,33,36,42,45,59H,4-15,18,21-24,27,30-32,34-35,37-41,43-44,46-58H2,1-3H3/b19-16-,20-17-,28-25-,29-26-,36-33-,45-42-/t59-/m1/s1. The highest BCUT2D eigenvalue weighted by molar-refractivity contribution is 5.70. The van der Waals surface area contributed by atoms with Crippen molar-refractivity contribution in [2.45, 2.75) is 284 Å². The molecule has 0 saturated carbocycles. The van der Waals surface area contributed by atoms with Crippen molar-refractivity contribution in [1.29, 1.82) is 0 Å². The minimum absolute atomic E-state index is 0.0544. The summed E-state index contributed by atoms with van der Waals surface area (Å²) in [5, 5.41) is 0. The van der Waals surface area contributed by atoms with E-state index in [2.05, 4.69) is 93.7 Å². The predicted octanol–water partition coefficient (Wildman–Crippen LogP) is 19.5. The first-order valence-electron chi connectivity index (χ1n) is 28.5. The second-order valence-corrected chi connectivity index (χ2v) is 18.8. The summed E-state index contributed by atoms with van der Waals surface area (Å²) in [4.78, 5) is 25.5. The third-order valence-corrected chi connectivity index (χ3v) is 12.2. The Morgan fingerprint density at radius 3 is 1.09 bits per heavy atom. The molecule has 0 unspecified atom stereocenters. The Labute approximate surface area is 410 Å². The molecule has 0 heterocycles. The van der Waals surface area contributed by atoms with Crippen LogP contribution in [-0.2, 0) is 23.8 Å². The van der Waals surface area contributed by atoms with E-state index < -0.39 is 6.10 Å². The second kappa shape index (κ2) is 56.7. The monoisotopic (exact) mass is 921 g/mol. The Morgan fingerprint density at radius 1 is 0.333 bits per heavy atom. The van der Waals surface area contributed by atoms with E-state index in [1.807, 2.05) is 0 Å². The Kier molecular flexibility index (Phi) is 54.4. The van der Waals surface area contributed by atoms with E-state index in [0.29, 0.717) is 19.4 Å². The second-order valence-electron chi connectivity index (χ2n) is 18.8. The molecular formula is C61H108O5. The van der Waals surface area contributed by atoms with Gasteiger partial charge in [-0.2, -0.15) is 0 Å². The average molecular weight is 922 g/mol. The van der Waals surface area contributed by atoms with Crippen molar-refractivity contribution in [2.24, 2.45) is 0 Å². The van der Waals surface area contributed by atoms with E-state index in [1.165, 1.54) is 173 Å². The summed E-state index contributed by atoms with van der Waals surface area (Å²) in [6.07, 6.45) is 73.5. The summed E-state index contributed by atoms with van der Waals surface area (Å²) in [5.41, 5.74) is 0. The van der Waals surface area contributed by atoms with Gasteiger partial charge in [0.25, 0.3) is 0 Å². The molecular weight excluding hydrogens is 813 g/mol. The van der Waals surface area contributed by atoms with E-state index >= 15 is 0 Å². The Balaban J connectivity index is 4.36. The zero-order valence-electron chi connectivity index (χ0n) is 44.0. The maximum atomic E-state index is 12.8. The number of hydrogen-bond donors (Lipinski definition) is 0. The summed E-state index contributed by atoms with van der Waals surface area (Å²) < 4.78 is 17.4. The van der Waals surface area contributed by atoms with Crippen molar-refractivity contribution in [2.75, 3.05) is 19.8 Å². The fourth-order valence-electron chi connectivity index (χ4n) is 7.95. The lowest BCUT2D eigenvalue weighted by molar-refractivity contribution is -0.163. The van der Waals surface area contributed by atoms with Crippen molar-refractivity contribution in [1.82, 2.24) is 0 Å². The smallest absolute Gasteiger partial charge is 0.306 e. The Morgan fingerprint density at radius 2 is 0.652 bits per heavy atom. The lowest BCUT2D eigenvalue weighted by Crippen LogP contribution is -2.30. The zero-order valence-corrected chi connectivity index (χ0v) is 44.0. The number of allylic oxidation sites excluding steroid dienone is 12. The molecule has 0 fully saturated rings. The van der Waals surface area contributed by atoms with Gasteiger partial charge in [0.1, 0.15) is 6.61 Å². The highest BCUT2D eigenvalue weighted by Gasteiger charge is 2.17. The maximum absolute atomic E-state index is 12.8. The molecule has 0 spiro atoms. The average Bonchev–Trinajstić information content (AvgIpc) is 3.32. The largest absolute Gasteiger partial charge is 0.462 e. The summed E-state index contributed by atoms with van der Waals surface area (Å²) in [7, 11) is 0. The van der Waals surface area contributed by atoms with Crippen LogP contribution in [0.1, 0.15) is 278 Å². The van der Waals surface area contributed by atoms with Gasteiger partial charge < -0.3 is 14.2 Å². The SMILES string of the molecule is CCCCC/C=C\C/C=C\C/C=C\C/C=C\CCCC(=O)OC[C@@H](COCCCCCCCCCCCCCCCCCC)OC(=O)CCCCCCCCC/C=C\C/C=C\CCCCC. The molecule has 0 aliphatic carbocycles. The molecule has 0 aromatic carbocycles. The molecule has 0 amide bonds. The van der Waals surface area contributed by atoms with Gasteiger partial charge in [-0.15, -0.1) is 0 Å². The van der Waals surface area contributed by atoms with Crippen molar-refractivity contribution in [3.05, 3.63) is 72.9 Å². The van der Waals surface area contributed by atoms with Crippen molar-refractivity contribution < 1.29 is 23.8 Å². The number of ether oxygens (including phenoxy) is 3. The molecule has 0 radical (unpaired) electrons. The van der Waals surface area contributed by atoms with Crippen molar-refractivity contribution in [3.8, 4) is 0 Å². The topological polar surface area (TPSA) is 61.8 Å². The first-order chi connectivity index (χ1) is 32.6. The van der Waals surface area contributed by atoms with E-state index in [0.717, 1.165) is 70.6 Å². The lowest BCUT2D eigenvalue weighted by Gasteiger charge is -2.18. The van der Waals surface area contributed by atoms with E-state index in [9.17, 15) is 9.59 Å². The van der Waals surface area contributed by atoms with Crippen LogP contribution < -0.4 is 0 Å². The van der Waals surface area contributed by atoms with Crippen LogP contribution in [0.5, 0.6) is 0 Å². The molecule has 5 nitrogen and oxygen atoms in total. The van der Waals surface area contributed by atoms with Gasteiger partial charge in [0.15, 0.2) is 6.10 Å². The van der Waals surface area contributed by atoms with Crippen molar-refractivity contribution >= 4 is 11.9 Å². The van der Waals surface area contributed by atoms with Crippen LogP contribution in [-0.4, -0.2) is 37.9 Å². The number of unbranched alkanes of at least 4 members (excludes halogenated alkanes) is 29. The summed E-state index contributed by atoms with van der Waals surface area (Å²) in [6.45, 7) is 7.75. The van der Waals surface area contributed by atoms with Crippen LogP contribution >= 0.6 is 0 Å². The van der Waals surface area contributed by atoms with Crippen molar-refractivity contribution in [3.63, 3.8) is 0 Å². The number of rotatable bonds is 52. The lowest BCUT2D eigenvalue weighted by atomic mass is 10.0. The third kappa shape index (κ3) is 54.0. The third-order valence-electron chi connectivity index (χ3n) is 12.2. The molecule has 66 heavy (non-hydrogen) atoms. The normalized spacial score (nSPS) is 12.7. The highest BCUT2D eigenvalue weighted by atomic mass is 16.6. The summed E-state index contributed by atoms with van der Waals surface area (Å²) in [5.74, 6) is -0.462. The van der Waals surface area contributed by atoms with Crippen LogP contribution in [0.15, 0.2) is 72.9 Å². The summed E-state index contributed by atoms with van der Waals surface area (Å²) >= 11 is 0. The van der Waals surface area contributed by atoms with E-state index in [4.69, 9.17) is 14.2 Å². The molecule has 1 atom stereocenters. The molecule has 0 saturated heterocycles. The molecule has 0 aromatic rings.